The zero-order chi connectivity index (χ0) is 16.7. The maximum atomic E-state index is 12.5. The van der Waals surface area contributed by atoms with Crippen LogP contribution in [0.2, 0.25) is 0 Å². The third-order valence-corrected chi connectivity index (χ3v) is 4.09. The van der Waals surface area contributed by atoms with Crippen molar-refractivity contribution in [1.82, 2.24) is 14.7 Å². The van der Waals surface area contributed by atoms with Gasteiger partial charge in [-0.15, -0.1) is 0 Å². The van der Waals surface area contributed by atoms with Crippen LogP contribution in [0, 0.1) is 5.92 Å². The molecule has 0 radical (unpaired) electrons. The molecule has 1 fully saturated rings. The number of hydrogen-bond donors (Lipinski definition) is 1. The van der Waals surface area contributed by atoms with E-state index in [0.717, 1.165) is 51.2 Å². The van der Waals surface area contributed by atoms with Crippen molar-refractivity contribution in [2.45, 2.75) is 59.1 Å². The standard InChI is InChI=1S/C17H30N4O2/c1-4-12-23-15-6-5-10-20(13-15)17(22)19-16-7-9-18-21(16)11-8-14(2)3/h7,9,14-15H,4-6,8,10-13H2,1-3H3,(H,19,22). The Morgan fingerprint density at radius 3 is 3.09 bits per heavy atom. The van der Waals surface area contributed by atoms with Crippen molar-refractivity contribution in [3.63, 3.8) is 0 Å². The Hall–Kier alpha value is -1.56. The first-order valence-electron chi connectivity index (χ1n) is 8.79. The molecular formula is C17H30N4O2. The van der Waals surface area contributed by atoms with Crippen molar-refractivity contribution >= 4 is 11.8 Å². The number of likely N-dealkylation sites (tertiary alicyclic amines) is 1. The van der Waals surface area contributed by atoms with Crippen molar-refractivity contribution in [3.05, 3.63) is 12.3 Å². The smallest absolute Gasteiger partial charge is 0.323 e. The normalized spacial score (nSPS) is 18.4. The minimum absolute atomic E-state index is 0.0545. The second-order valence-corrected chi connectivity index (χ2v) is 6.63. The summed E-state index contributed by atoms with van der Waals surface area (Å²) in [4.78, 5) is 14.3. The highest BCUT2D eigenvalue weighted by atomic mass is 16.5. The average Bonchev–Trinajstić information content (AvgIpc) is 2.98. The Morgan fingerprint density at radius 1 is 1.52 bits per heavy atom. The highest BCUT2D eigenvalue weighted by molar-refractivity contribution is 5.88. The number of piperidine rings is 1. The average molecular weight is 322 g/mol. The number of amides is 2. The zero-order valence-corrected chi connectivity index (χ0v) is 14.6. The van der Waals surface area contributed by atoms with E-state index in [1.807, 2.05) is 15.6 Å². The maximum Gasteiger partial charge on any atom is 0.323 e. The Kier molecular flexibility index (Phi) is 6.89. The van der Waals surface area contributed by atoms with Crippen molar-refractivity contribution in [2.24, 2.45) is 5.92 Å². The van der Waals surface area contributed by atoms with Gasteiger partial charge < -0.3 is 9.64 Å². The molecule has 1 aliphatic heterocycles. The van der Waals surface area contributed by atoms with Crippen molar-refractivity contribution in [3.8, 4) is 0 Å². The van der Waals surface area contributed by atoms with Crippen LogP contribution in [0.25, 0.3) is 0 Å². The van der Waals surface area contributed by atoms with Crippen LogP contribution in [0.15, 0.2) is 12.3 Å². The number of aromatic nitrogens is 2. The molecule has 23 heavy (non-hydrogen) atoms. The molecule has 2 amide bonds. The molecule has 130 valence electrons. The molecule has 0 bridgehead atoms. The van der Waals surface area contributed by atoms with Crippen LogP contribution in [-0.2, 0) is 11.3 Å². The van der Waals surface area contributed by atoms with Crippen molar-refractivity contribution in [2.75, 3.05) is 25.0 Å². The SMILES string of the molecule is CCCOC1CCCN(C(=O)Nc2ccnn2CCC(C)C)C1. The molecule has 6 nitrogen and oxygen atoms in total. The quantitative estimate of drug-likeness (QED) is 0.837. The molecule has 1 aromatic heterocycles. The largest absolute Gasteiger partial charge is 0.376 e. The van der Waals surface area contributed by atoms with Gasteiger partial charge in [-0.3, -0.25) is 5.32 Å². The first kappa shape index (κ1) is 17.8. The monoisotopic (exact) mass is 322 g/mol. The number of rotatable bonds is 7. The molecule has 0 spiro atoms. The number of aryl methyl sites for hydroxylation is 1. The van der Waals surface area contributed by atoms with Crippen LogP contribution < -0.4 is 5.32 Å². The first-order valence-corrected chi connectivity index (χ1v) is 8.79. The Balaban J connectivity index is 1.87. The van der Waals surface area contributed by atoms with Gasteiger partial charge in [-0.1, -0.05) is 20.8 Å². The summed E-state index contributed by atoms with van der Waals surface area (Å²) in [6.07, 6.45) is 5.99. The summed E-state index contributed by atoms with van der Waals surface area (Å²) in [5.74, 6) is 1.38. The molecule has 1 N–H and O–H groups in total. The van der Waals surface area contributed by atoms with Crippen molar-refractivity contribution < 1.29 is 9.53 Å². The van der Waals surface area contributed by atoms with Crippen LogP contribution in [0.5, 0.6) is 0 Å². The number of ether oxygens (including phenoxy) is 1. The van der Waals surface area contributed by atoms with Crippen LogP contribution in [0.1, 0.15) is 46.5 Å². The van der Waals surface area contributed by atoms with Crippen LogP contribution in [0.4, 0.5) is 10.6 Å². The minimum Gasteiger partial charge on any atom is -0.376 e. The molecule has 1 atom stereocenters. The van der Waals surface area contributed by atoms with Gasteiger partial charge >= 0.3 is 6.03 Å². The van der Waals surface area contributed by atoms with Crippen LogP contribution in [0.3, 0.4) is 0 Å². The van der Waals surface area contributed by atoms with Gasteiger partial charge in [0.25, 0.3) is 0 Å². The lowest BCUT2D eigenvalue weighted by Crippen LogP contribution is -2.45. The van der Waals surface area contributed by atoms with Gasteiger partial charge in [-0.2, -0.15) is 5.10 Å². The lowest BCUT2D eigenvalue weighted by Gasteiger charge is -2.32. The van der Waals surface area contributed by atoms with E-state index in [1.54, 1.807) is 6.20 Å². The van der Waals surface area contributed by atoms with Gasteiger partial charge in [0.2, 0.25) is 0 Å². The zero-order valence-electron chi connectivity index (χ0n) is 14.6. The highest BCUT2D eigenvalue weighted by Gasteiger charge is 2.24. The summed E-state index contributed by atoms with van der Waals surface area (Å²) in [6, 6.07) is 1.80. The van der Waals surface area contributed by atoms with E-state index in [2.05, 4.69) is 31.2 Å². The summed E-state index contributed by atoms with van der Waals surface area (Å²) < 4.78 is 7.67. The maximum absolute atomic E-state index is 12.5. The molecular weight excluding hydrogens is 292 g/mol. The second-order valence-electron chi connectivity index (χ2n) is 6.63. The van der Waals surface area contributed by atoms with E-state index in [1.165, 1.54) is 0 Å². The van der Waals surface area contributed by atoms with Crippen molar-refractivity contribution in [1.29, 1.82) is 0 Å². The fraction of sp³-hybridized carbons (Fsp3) is 0.765. The fourth-order valence-corrected chi connectivity index (χ4v) is 2.73. The topological polar surface area (TPSA) is 59.4 Å². The number of nitrogens with one attached hydrogen (secondary N) is 1. The number of carbonyl (C=O) groups is 1. The van der Waals surface area contributed by atoms with Gasteiger partial charge in [0, 0.05) is 32.3 Å². The number of nitrogens with zero attached hydrogens (tertiary/aromatic N) is 3. The molecule has 1 unspecified atom stereocenters. The number of carbonyl (C=O) groups excluding carboxylic acids is 1. The first-order chi connectivity index (χ1) is 11.1. The third-order valence-electron chi connectivity index (χ3n) is 4.09. The molecule has 0 aromatic carbocycles. The molecule has 2 heterocycles. The number of hydrogen-bond acceptors (Lipinski definition) is 3. The van der Waals surface area contributed by atoms with Gasteiger partial charge in [0.1, 0.15) is 5.82 Å². The summed E-state index contributed by atoms with van der Waals surface area (Å²) in [5.41, 5.74) is 0. The van der Waals surface area contributed by atoms with E-state index in [9.17, 15) is 4.79 Å². The summed E-state index contributed by atoms with van der Waals surface area (Å²) in [7, 11) is 0. The predicted molar refractivity (Wildman–Crippen MR) is 91.5 cm³/mol. The lowest BCUT2D eigenvalue weighted by molar-refractivity contribution is 0.0115. The van der Waals surface area contributed by atoms with E-state index in [-0.39, 0.29) is 12.1 Å². The van der Waals surface area contributed by atoms with E-state index < -0.39 is 0 Å². The minimum atomic E-state index is -0.0545. The van der Waals surface area contributed by atoms with Crippen LogP contribution >= 0.6 is 0 Å². The van der Waals surface area contributed by atoms with Gasteiger partial charge in [-0.25, -0.2) is 9.48 Å². The number of urea groups is 1. The van der Waals surface area contributed by atoms with E-state index in [4.69, 9.17) is 4.74 Å². The molecule has 1 saturated heterocycles. The molecule has 0 aliphatic carbocycles. The molecule has 1 aromatic rings. The lowest BCUT2D eigenvalue weighted by atomic mass is 10.1. The summed E-state index contributed by atoms with van der Waals surface area (Å²) in [6.45, 7) is 9.53. The van der Waals surface area contributed by atoms with Gasteiger partial charge in [0.05, 0.1) is 12.3 Å². The summed E-state index contributed by atoms with van der Waals surface area (Å²) in [5, 5.41) is 7.29. The highest BCUT2D eigenvalue weighted by Crippen LogP contribution is 2.16. The van der Waals surface area contributed by atoms with Gasteiger partial charge in [0.15, 0.2) is 0 Å². The van der Waals surface area contributed by atoms with E-state index in [0.29, 0.717) is 12.5 Å². The predicted octanol–water partition coefficient (Wildman–Crippen LogP) is 3.35. The Bertz CT molecular complexity index is 487. The Labute approximate surface area is 139 Å². The number of anilines is 1. The van der Waals surface area contributed by atoms with Crippen LogP contribution in [-0.4, -0.2) is 46.5 Å². The second kappa shape index (κ2) is 8.91. The third kappa shape index (κ3) is 5.53. The molecule has 6 heteroatoms. The molecule has 2 rings (SSSR count). The summed E-state index contributed by atoms with van der Waals surface area (Å²) >= 11 is 0. The Morgan fingerprint density at radius 2 is 2.35 bits per heavy atom. The molecule has 0 saturated carbocycles. The fourth-order valence-electron chi connectivity index (χ4n) is 2.73. The van der Waals surface area contributed by atoms with Gasteiger partial charge in [-0.05, 0) is 31.6 Å². The molecule has 1 aliphatic rings. The van der Waals surface area contributed by atoms with E-state index >= 15 is 0 Å².